The Labute approximate surface area is 172 Å². The maximum absolute atomic E-state index is 12.7. The van der Waals surface area contributed by atoms with Gasteiger partial charge in [-0.25, -0.2) is 8.42 Å². The van der Waals surface area contributed by atoms with Crippen molar-refractivity contribution in [2.45, 2.75) is 18.7 Å². The Bertz CT molecular complexity index is 965. The largest absolute Gasteiger partial charge is 0.497 e. The van der Waals surface area contributed by atoms with Gasteiger partial charge in [-0.05, 0) is 42.0 Å². The predicted octanol–water partition coefficient (Wildman–Crippen LogP) is 3.39. The third-order valence-corrected chi connectivity index (χ3v) is 6.36. The van der Waals surface area contributed by atoms with Gasteiger partial charge >= 0.3 is 0 Å². The third-order valence-electron chi connectivity index (χ3n) is 4.31. The summed E-state index contributed by atoms with van der Waals surface area (Å²) in [5, 5.41) is 2.68. The van der Waals surface area contributed by atoms with Crippen molar-refractivity contribution in [2.24, 2.45) is 0 Å². The molecule has 2 aromatic rings. The fraction of sp³-hybridized carbons (Fsp3) is 0.286. The molecule has 0 aliphatic rings. The summed E-state index contributed by atoms with van der Waals surface area (Å²) in [4.78, 5) is 12.4. The molecule has 2 rings (SSSR count). The van der Waals surface area contributed by atoms with E-state index in [2.05, 4.69) is 5.32 Å². The Balaban J connectivity index is 2.24. The molecule has 0 radical (unpaired) electrons. The summed E-state index contributed by atoms with van der Waals surface area (Å²) in [6.45, 7) is 4.27. The number of nitrogens with one attached hydrogen (secondary N) is 1. The monoisotopic (exact) mass is 418 g/mol. The second kappa shape index (κ2) is 10.1. The second-order valence-electron chi connectivity index (χ2n) is 6.05. The first-order chi connectivity index (χ1) is 13.8. The van der Waals surface area contributed by atoms with Crippen molar-refractivity contribution < 1.29 is 22.7 Å². The van der Waals surface area contributed by atoms with E-state index in [1.54, 1.807) is 39.2 Å². The summed E-state index contributed by atoms with van der Waals surface area (Å²) in [6.07, 6.45) is 3.02. The average molecular weight is 419 g/mol. The zero-order valence-corrected chi connectivity index (χ0v) is 17.8. The summed E-state index contributed by atoms with van der Waals surface area (Å²) in [6, 6.07) is 11.6. The zero-order valence-electron chi connectivity index (χ0n) is 17.0. The van der Waals surface area contributed by atoms with Crippen LogP contribution >= 0.6 is 0 Å². The van der Waals surface area contributed by atoms with Crippen LogP contribution in [0.1, 0.15) is 19.4 Å². The van der Waals surface area contributed by atoms with E-state index in [1.807, 2.05) is 12.1 Å². The molecule has 0 saturated heterocycles. The minimum atomic E-state index is -3.65. The number of rotatable bonds is 9. The fourth-order valence-corrected chi connectivity index (χ4v) is 4.20. The quantitative estimate of drug-likeness (QED) is 0.631. The second-order valence-corrected chi connectivity index (χ2v) is 7.99. The van der Waals surface area contributed by atoms with Gasteiger partial charge in [0.25, 0.3) is 0 Å². The van der Waals surface area contributed by atoms with Crippen LogP contribution in [0, 0.1) is 0 Å². The molecule has 0 aromatic heterocycles. The number of hydrogen-bond acceptors (Lipinski definition) is 5. The van der Waals surface area contributed by atoms with E-state index in [0.29, 0.717) is 18.8 Å². The van der Waals surface area contributed by atoms with Crippen LogP contribution < -0.4 is 14.8 Å². The van der Waals surface area contributed by atoms with Gasteiger partial charge in [0, 0.05) is 19.2 Å². The third kappa shape index (κ3) is 5.58. The molecular formula is C21H26N2O5S. The topological polar surface area (TPSA) is 84.9 Å². The first kappa shape index (κ1) is 22.4. The molecule has 0 fully saturated rings. The lowest BCUT2D eigenvalue weighted by atomic mass is 10.2. The summed E-state index contributed by atoms with van der Waals surface area (Å²) in [5.74, 6) is 0.689. The SMILES string of the molecule is CCN(CC)S(=O)(=O)c1ccc(OC)c(NC(=O)/C=C/c2ccc(OC)cc2)c1. The molecule has 0 bridgehead atoms. The molecule has 0 aliphatic heterocycles. The summed E-state index contributed by atoms with van der Waals surface area (Å²) < 4.78 is 37.2. The summed E-state index contributed by atoms with van der Waals surface area (Å²) >= 11 is 0. The maximum atomic E-state index is 12.7. The molecule has 0 unspecified atom stereocenters. The van der Waals surface area contributed by atoms with E-state index in [0.717, 1.165) is 11.3 Å². The van der Waals surface area contributed by atoms with E-state index in [1.165, 1.54) is 35.7 Å². The van der Waals surface area contributed by atoms with E-state index in [9.17, 15) is 13.2 Å². The lowest BCUT2D eigenvalue weighted by Crippen LogP contribution is -2.30. The number of nitrogens with zero attached hydrogens (tertiary/aromatic N) is 1. The highest BCUT2D eigenvalue weighted by Gasteiger charge is 2.23. The minimum Gasteiger partial charge on any atom is -0.497 e. The van der Waals surface area contributed by atoms with Crippen molar-refractivity contribution in [2.75, 3.05) is 32.6 Å². The first-order valence-corrected chi connectivity index (χ1v) is 10.6. The van der Waals surface area contributed by atoms with Gasteiger partial charge in [0.2, 0.25) is 15.9 Å². The average Bonchev–Trinajstić information content (AvgIpc) is 2.73. The maximum Gasteiger partial charge on any atom is 0.248 e. The van der Waals surface area contributed by atoms with Crippen molar-refractivity contribution in [1.29, 1.82) is 0 Å². The number of amides is 1. The molecule has 1 N–H and O–H groups in total. The van der Waals surface area contributed by atoms with Crippen molar-refractivity contribution in [3.8, 4) is 11.5 Å². The molecule has 0 atom stereocenters. The molecule has 29 heavy (non-hydrogen) atoms. The highest BCUT2D eigenvalue weighted by atomic mass is 32.2. The van der Waals surface area contributed by atoms with Gasteiger partial charge in [0.05, 0.1) is 24.8 Å². The van der Waals surface area contributed by atoms with Crippen LogP contribution in [0.2, 0.25) is 0 Å². The van der Waals surface area contributed by atoms with Crippen LogP contribution in [-0.4, -0.2) is 45.9 Å². The van der Waals surface area contributed by atoms with Crippen LogP contribution in [0.4, 0.5) is 5.69 Å². The van der Waals surface area contributed by atoms with Crippen molar-refractivity contribution in [3.63, 3.8) is 0 Å². The van der Waals surface area contributed by atoms with Gasteiger partial charge in [0.15, 0.2) is 0 Å². The van der Waals surface area contributed by atoms with Gasteiger partial charge < -0.3 is 14.8 Å². The number of methoxy groups -OCH3 is 2. The van der Waals surface area contributed by atoms with Crippen molar-refractivity contribution >= 4 is 27.7 Å². The molecule has 0 heterocycles. The van der Waals surface area contributed by atoms with Crippen molar-refractivity contribution in [1.82, 2.24) is 4.31 Å². The number of ether oxygens (including phenoxy) is 2. The Morgan fingerprint density at radius 2 is 1.69 bits per heavy atom. The van der Waals surface area contributed by atoms with Gasteiger partial charge in [-0.1, -0.05) is 26.0 Å². The fourth-order valence-electron chi connectivity index (χ4n) is 2.72. The van der Waals surface area contributed by atoms with Gasteiger partial charge in [0.1, 0.15) is 11.5 Å². The first-order valence-electron chi connectivity index (χ1n) is 9.17. The van der Waals surface area contributed by atoms with Crippen LogP contribution in [0.3, 0.4) is 0 Å². The standard InChI is InChI=1S/C21H26N2O5S/c1-5-23(6-2)29(25,26)18-12-13-20(28-4)19(15-18)22-21(24)14-9-16-7-10-17(27-3)11-8-16/h7-15H,5-6H2,1-4H3,(H,22,24)/b14-9+. The number of carbonyl (C=O) groups excluding carboxylic acids is 1. The number of benzene rings is 2. The molecule has 2 aromatic carbocycles. The Hall–Kier alpha value is -2.84. The summed E-state index contributed by atoms with van der Waals surface area (Å²) in [7, 11) is -0.611. The van der Waals surface area contributed by atoms with Gasteiger partial charge in [-0.2, -0.15) is 4.31 Å². The number of anilines is 1. The van der Waals surface area contributed by atoms with Gasteiger partial charge in [-0.3, -0.25) is 4.79 Å². The molecule has 1 amide bonds. The van der Waals surface area contributed by atoms with Crippen molar-refractivity contribution in [3.05, 3.63) is 54.1 Å². The van der Waals surface area contributed by atoms with E-state index in [-0.39, 0.29) is 10.6 Å². The van der Waals surface area contributed by atoms with Gasteiger partial charge in [-0.15, -0.1) is 0 Å². The predicted molar refractivity (Wildman–Crippen MR) is 114 cm³/mol. The normalized spacial score (nSPS) is 11.6. The zero-order chi connectivity index (χ0) is 21.4. The molecule has 0 aliphatic carbocycles. The molecule has 0 spiro atoms. The van der Waals surface area contributed by atoms with Crippen LogP contribution in [0.15, 0.2) is 53.4 Å². The molecule has 7 nitrogen and oxygen atoms in total. The lowest BCUT2D eigenvalue weighted by molar-refractivity contribution is -0.111. The Morgan fingerprint density at radius 1 is 1.03 bits per heavy atom. The molecular weight excluding hydrogens is 392 g/mol. The minimum absolute atomic E-state index is 0.0939. The number of hydrogen-bond donors (Lipinski definition) is 1. The number of carbonyl (C=O) groups is 1. The molecule has 0 saturated carbocycles. The Kier molecular flexibility index (Phi) is 7.81. The van der Waals surface area contributed by atoms with E-state index < -0.39 is 15.9 Å². The number of sulfonamides is 1. The summed E-state index contributed by atoms with van der Waals surface area (Å²) in [5.41, 5.74) is 1.11. The Morgan fingerprint density at radius 3 is 2.24 bits per heavy atom. The van der Waals surface area contributed by atoms with Crippen LogP contribution in [-0.2, 0) is 14.8 Å². The smallest absolute Gasteiger partial charge is 0.248 e. The lowest BCUT2D eigenvalue weighted by Gasteiger charge is -2.19. The molecule has 8 heteroatoms. The highest BCUT2D eigenvalue weighted by Crippen LogP contribution is 2.29. The van der Waals surface area contributed by atoms with E-state index >= 15 is 0 Å². The highest BCUT2D eigenvalue weighted by molar-refractivity contribution is 7.89. The van der Waals surface area contributed by atoms with E-state index in [4.69, 9.17) is 9.47 Å². The van der Waals surface area contributed by atoms with Crippen LogP contribution in [0.5, 0.6) is 11.5 Å². The van der Waals surface area contributed by atoms with Crippen LogP contribution in [0.25, 0.3) is 6.08 Å². The molecule has 156 valence electrons.